The Bertz CT molecular complexity index is 295. The Labute approximate surface area is 77.7 Å². The van der Waals surface area contributed by atoms with E-state index in [1.54, 1.807) is 0 Å². The van der Waals surface area contributed by atoms with E-state index in [1.165, 1.54) is 0 Å². The van der Waals surface area contributed by atoms with Crippen LogP contribution in [0.25, 0.3) is 0 Å². The monoisotopic (exact) mass is 181 g/mol. The summed E-state index contributed by atoms with van der Waals surface area (Å²) in [6.07, 6.45) is 2.34. The average Bonchev–Trinajstić information content (AvgIpc) is 2.53. The Morgan fingerprint density at radius 2 is 2.15 bits per heavy atom. The van der Waals surface area contributed by atoms with Crippen molar-refractivity contribution >= 4 is 11.7 Å². The number of rotatable bonds is 1. The third-order valence-electron chi connectivity index (χ3n) is 4.03. The van der Waals surface area contributed by atoms with E-state index in [2.05, 4.69) is 0 Å². The Balaban J connectivity index is 2.46. The van der Waals surface area contributed by atoms with Gasteiger partial charge in [0.1, 0.15) is 5.41 Å². The van der Waals surface area contributed by atoms with Crippen LogP contribution in [0.15, 0.2) is 0 Å². The van der Waals surface area contributed by atoms with E-state index in [4.69, 9.17) is 5.73 Å². The first-order valence-corrected chi connectivity index (χ1v) is 4.76. The SMILES string of the molecule is CC1(C)C(=O)[C@]2(C(N)=O)CC[C@@H]1C2. The lowest BCUT2D eigenvalue weighted by molar-refractivity contribution is -0.143. The molecule has 1 amide bonds. The zero-order valence-corrected chi connectivity index (χ0v) is 8.09. The van der Waals surface area contributed by atoms with Crippen LogP contribution in [0.2, 0.25) is 0 Å². The summed E-state index contributed by atoms with van der Waals surface area (Å²) in [6.45, 7) is 3.87. The van der Waals surface area contributed by atoms with Gasteiger partial charge in [-0.1, -0.05) is 13.8 Å². The first-order chi connectivity index (χ1) is 5.91. The van der Waals surface area contributed by atoms with E-state index >= 15 is 0 Å². The van der Waals surface area contributed by atoms with Crippen LogP contribution < -0.4 is 5.73 Å². The molecule has 13 heavy (non-hydrogen) atoms. The van der Waals surface area contributed by atoms with Crippen LogP contribution in [0.3, 0.4) is 0 Å². The van der Waals surface area contributed by atoms with Crippen LogP contribution in [-0.4, -0.2) is 11.7 Å². The molecule has 2 saturated carbocycles. The maximum Gasteiger partial charge on any atom is 0.231 e. The van der Waals surface area contributed by atoms with Gasteiger partial charge in [0.15, 0.2) is 5.78 Å². The minimum Gasteiger partial charge on any atom is -0.369 e. The number of carbonyl (C=O) groups is 2. The smallest absolute Gasteiger partial charge is 0.231 e. The van der Waals surface area contributed by atoms with E-state index < -0.39 is 11.3 Å². The molecule has 0 radical (unpaired) electrons. The third-order valence-corrected chi connectivity index (χ3v) is 4.03. The number of ketones is 1. The van der Waals surface area contributed by atoms with Gasteiger partial charge in [0, 0.05) is 5.41 Å². The van der Waals surface area contributed by atoms with Gasteiger partial charge < -0.3 is 5.73 Å². The molecule has 0 aromatic rings. The molecule has 0 spiro atoms. The standard InChI is InChI=1S/C10H15NO2/c1-9(2)6-3-4-10(5-6,7(9)12)8(11)13/h6H,3-5H2,1-2H3,(H2,11,13)/t6-,10+/m1/s1. The summed E-state index contributed by atoms with van der Waals surface area (Å²) in [6, 6.07) is 0. The molecule has 0 aromatic carbocycles. The second-order valence-electron chi connectivity index (χ2n) is 4.94. The highest BCUT2D eigenvalue weighted by molar-refractivity contribution is 6.10. The van der Waals surface area contributed by atoms with Crippen molar-refractivity contribution in [3.63, 3.8) is 0 Å². The molecule has 2 aliphatic carbocycles. The second kappa shape index (κ2) is 2.14. The Morgan fingerprint density at radius 1 is 1.54 bits per heavy atom. The fourth-order valence-corrected chi connectivity index (χ4v) is 3.01. The topological polar surface area (TPSA) is 60.2 Å². The number of nitrogens with two attached hydrogens (primary N) is 1. The van der Waals surface area contributed by atoms with Crippen LogP contribution in [-0.2, 0) is 9.59 Å². The number of Topliss-reactive ketones (excluding diaryl/α,β-unsaturated/α-hetero) is 1. The number of hydrogen-bond acceptors (Lipinski definition) is 2. The predicted molar refractivity (Wildman–Crippen MR) is 47.8 cm³/mol. The van der Waals surface area contributed by atoms with E-state index in [9.17, 15) is 9.59 Å². The molecule has 0 unspecified atom stereocenters. The van der Waals surface area contributed by atoms with Gasteiger partial charge in [0.2, 0.25) is 5.91 Å². The van der Waals surface area contributed by atoms with Crippen molar-refractivity contribution in [1.29, 1.82) is 0 Å². The number of primary amides is 1. The summed E-state index contributed by atoms with van der Waals surface area (Å²) in [5.41, 5.74) is 4.20. The van der Waals surface area contributed by atoms with Gasteiger partial charge in [-0.05, 0) is 25.2 Å². The molecular formula is C10H15NO2. The summed E-state index contributed by atoms with van der Waals surface area (Å²) in [4.78, 5) is 23.2. The van der Waals surface area contributed by atoms with Crippen molar-refractivity contribution in [2.24, 2.45) is 22.5 Å². The largest absolute Gasteiger partial charge is 0.369 e. The first-order valence-electron chi connectivity index (χ1n) is 4.76. The minimum absolute atomic E-state index is 0.0729. The van der Waals surface area contributed by atoms with Gasteiger partial charge in [-0.2, -0.15) is 0 Å². The molecule has 2 fully saturated rings. The molecule has 2 N–H and O–H groups in total. The molecule has 2 atom stereocenters. The van der Waals surface area contributed by atoms with Crippen LogP contribution in [0, 0.1) is 16.7 Å². The fourth-order valence-electron chi connectivity index (χ4n) is 3.01. The highest BCUT2D eigenvalue weighted by atomic mass is 16.2. The lowest BCUT2D eigenvalue weighted by atomic mass is 9.70. The maximum atomic E-state index is 12.0. The van der Waals surface area contributed by atoms with Crippen LogP contribution >= 0.6 is 0 Å². The van der Waals surface area contributed by atoms with E-state index in [0.717, 1.165) is 6.42 Å². The van der Waals surface area contributed by atoms with Crippen molar-refractivity contribution in [3.8, 4) is 0 Å². The van der Waals surface area contributed by atoms with Crippen molar-refractivity contribution in [3.05, 3.63) is 0 Å². The van der Waals surface area contributed by atoms with Crippen molar-refractivity contribution in [2.75, 3.05) is 0 Å². The van der Waals surface area contributed by atoms with Crippen LogP contribution in [0.4, 0.5) is 0 Å². The zero-order chi connectivity index (χ0) is 9.85. The van der Waals surface area contributed by atoms with Gasteiger partial charge in [-0.15, -0.1) is 0 Å². The molecule has 72 valence electrons. The lowest BCUT2D eigenvalue weighted by Gasteiger charge is -2.31. The number of carbonyl (C=O) groups excluding carboxylic acids is 2. The molecule has 0 aromatic heterocycles. The molecule has 2 rings (SSSR count). The summed E-state index contributed by atoms with van der Waals surface area (Å²) >= 11 is 0. The lowest BCUT2D eigenvalue weighted by Crippen LogP contribution is -2.45. The zero-order valence-electron chi connectivity index (χ0n) is 8.09. The van der Waals surface area contributed by atoms with Crippen molar-refractivity contribution in [1.82, 2.24) is 0 Å². The molecule has 0 saturated heterocycles. The van der Waals surface area contributed by atoms with E-state index in [-0.39, 0.29) is 11.2 Å². The summed E-state index contributed by atoms with van der Waals surface area (Å²) in [5, 5.41) is 0. The summed E-state index contributed by atoms with van der Waals surface area (Å²) in [7, 11) is 0. The van der Waals surface area contributed by atoms with E-state index in [1.807, 2.05) is 13.8 Å². The van der Waals surface area contributed by atoms with Gasteiger partial charge in [0.25, 0.3) is 0 Å². The number of fused-ring (bicyclic) bond motifs is 2. The Morgan fingerprint density at radius 3 is 2.46 bits per heavy atom. The summed E-state index contributed by atoms with van der Waals surface area (Å²) in [5.74, 6) is 0.0295. The van der Waals surface area contributed by atoms with Crippen LogP contribution in [0.5, 0.6) is 0 Å². The molecule has 0 heterocycles. The average molecular weight is 181 g/mol. The maximum absolute atomic E-state index is 12.0. The molecule has 2 bridgehead atoms. The number of hydrogen-bond donors (Lipinski definition) is 1. The Kier molecular flexibility index (Phi) is 1.44. The summed E-state index contributed by atoms with van der Waals surface area (Å²) < 4.78 is 0. The Hall–Kier alpha value is -0.860. The highest BCUT2D eigenvalue weighted by Crippen LogP contribution is 2.59. The number of amides is 1. The van der Waals surface area contributed by atoms with Gasteiger partial charge in [0.05, 0.1) is 0 Å². The highest BCUT2D eigenvalue weighted by Gasteiger charge is 2.64. The second-order valence-corrected chi connectivity index (χ2v) is 4.94. The van der Waals surface area contributed by atoms with Crippen molar-refractivity contribution < 1.29 is 9.59 Å². The van der Waals surface area contributed by atoms with Crippen LogP contribution in [0.1, 0.15) is 33.1 Å². The van der Waals surface area contributed by atoms with E-state index in [0.29, 0.717) is 18.8 Å². The van der Waals surface area contributed by atoms with Gasteiger partial charge >= 0.3 is 0 Å². The molecule has 3 heteroatoms. The molecular weight excluding hydrogens is 166 g/mol. The third kappa shape index (κ3) is 0.798. The fraction of sp³-hybridized carbons (Fsp3) is 0.800. The van der Waals surface area contributed by atoms with Gasteiger partial charge in [-0.25, -0.2) is 0 Å². The first kappa shape index (κ1) is 8.73. The quantitative estimate of drug-likeness (QED) is 0.610. The van der Waals surface area contributed by atoms with Crippen molar-refractivity contribution in [2.45, 2.75) is 33.1 Å². The predicted octanol–water partition coefficient (Wildman–Crippen LogP) is 0.867. The normalized spacial score (nSPS) is 41.1. The minimum atomic E-state index is -0.797. The molecule has 3 nitrogen and oxygen atoms in total. The molecule has 0 aliphatic heterocycles. The van der Waals surface area contributed by atoms with Gasteiger partial charge in [-0.3, -0.25) is 9.59 Å². The molecule has 2 aliphatic rings.